The molecule has 1 aromatic carbocycles. The van der Waals surface area contributed by atoms with Gasteiger partial charge in [0.05, 0.1) is 12.0 Å². The molecule has 18 heavy (non-hydrogen) atoms. The number of rotatable bonds is 7. The van der Waals surface area contributed by atoms with Gasteiger partial charge in [-0.1, -0.05) is 31.9 Å². The molecule has 0 spiro atoms. The second-order valence-electron chi connectivity index (χ2n) is 4.77. The molecule has 1 atom stereocenters. The number of hydrogen-bond donors (Lipinski definition) is 1. The largest absolute Gasteiger partial charge is 0.491 e. The van der Waals surface area contributed by atoms with Crippen molar-refractivity contribution in [2.24, 2.45) is 0 Å². The summed E-state index contributed by atoms with van der Waals surface area (Å²) >= 11 is 0. The fourth-order valence-electron chi connectivity index (χ4n) is 1.92. The molecule has 0 aliphatic rings. The van der Waals surface area contributed by atoms with Gasteiger partial charge in [-0.3, -0.25) is 4.79 Å². The van der Waals surface area contributed by atoms with E-state index in [2.05, 4.69) is 6.92 Å². The fraction of sp³-hybridized carbons (Fsp3) is 0.533. The van der Waals surface area contributed by atoms with Gasteiger partial charge in [-0.05, 0) is 38.0 Å². The van der Waals surface area contributed by atoms with E-state index in [-0.39, 0.29) is 6.10 Å². The lowest BCUT2D eigenvalue weighted by Gasteiger charge is -2.15. The van der Waals surface area contributed by atoms with Crippen LogP contribution in [0.15, 0.2) is 24.3 Å². The van der Waals surface area contributed by atoms with Gasteiger partial charge >= 0.3 is 5.97 Å². The van der Waals surface area contributed by atoms with Crippen LogP contribution < -0.4 is 4.74 Å². The molecule has 0 saturated heterocycles. The Hall–Kier alpha value is -1.51. The van der Waals surface area contributed by atoms with Crippen LogP contribution in [-0.2, 0) is 4.79 Å². The van der Waals surface area contributed by atoms with Gasteiger partial charge in [-0.25, -0.2) is 0 Å². The Labute approximate surface area is 109 Å². The quantitative estimate of drug-likeness (QED) is 0.800. The number of benzene rings is 1. The number of carboxylic acids is 1. The van der Waals surface area contributed by atoms with Crippen molar-refractivity contribution in [3.63, 3.8) is 0 Å². The van der Waals surface area contributed by atoms with Crippen LogP contribution in [0.3, 0.4) is 0 Å². The maximum atomic E-state index is 11.3. The van der Waals surface area contributed by atoms with Gasteiger partial charge in [0.2, 0.25) is 0 Å². The molecule has 1 N–H and O–H groups in total. The van der Waals surface area contributed by atoms with Crippen LogP contribution in [0.5, 0.6) is 5.75 Å². The summed E-state index contributed by atoms with van der Waals surface area (Å²) in [6, 6.07) is 7.42. The molecule has 0 radical (unpaired) electrons. The van der Waals surface area contributed by atoms with Crippen LogP contribution in [-0.4, -0.2) is 17.2 Å². The summed E-state index contributed by atoms with van der Waals surface area (Å²) in [7, 11) is 0. The Kier molecular flexibility index (Phi) is 5.69. The minimum atomic E-state index is -0.759. The van der Waals surface area contributed by atoms with Gasteiger partial charge < -0.3 is 9.84 Å². The number of carbonyl (C=O) groups is 1. The van der Waals surface area contributed by atoms with E-state index in [1.54, 1.807) is 0 Å². The Balaban J connectivity index is 2.87. The fourth-order valence-corrected chi connectivity index (χ4v) is 1.92. The molecule has 3 nitrogen and oxygen atoms in total. The van der Waals surface area contributed by atoms with E-state index < -0.39 is 11.9 Å². The van der Waals surface area contributed by atoms with E-state index in [0.29, 0.717) is 6.42 Å². The third-order valence-electron chi connectivity index (χ3n) is 2.78. The minimum absolute atomic E-state index is 0.0965. The Bertz CT molecular complexity index is 385. The molecule has 1 unspecified atom stereocenters. The lowest BCUT2D eigenvalue weighted by Crippen LogP contribution is -2.12. The van der Waals surface area contributed by atoms with Gasteiger partial charge in [-0.15, -0.1) is 0 Å². The zero-order valence-corrected chi connectivity index (χ0v) is 11.3. The molecule has 0 fully saturated rings. The molecule has 100 valence electrons. The number of unbranched alkanes of at least 4 members (excludes halogenated alkanes) is 1. The maximum Gasteiger partial charge on any atom is 0.310 e. The summed E-state index contributed by atoms with van der Waals surface area (Å²) in [5, 5.41) is 9.29. The summed E-state index contributed by atoms with van der Waals surface area (Å²) in [6.45, 7) is 5.98. The van der Waals surface area contributed by atoms with Crippen LogP contribution in [0.2, 0.25) is 0 Å². The summed E-state index contributed by atoms with van der Waals surface area (Å²) < 4.78 is 5.60. The Morgan fingerprint density at radius 1 is 1.39 bits per heavy atom. The van der Waals surface area contributed by atoms with Crippen molar-refractivity contribution in [3.05, 3.63) is 29.8 Å². The summed E-state index contributed by atoms with van der Waals surface area (Å²) in [5.41, 5.74) is 0.828. The molecule has 0 aliphatic carbocycles. The van der Waals surface area contributed by atoms with Crippen molar-refractivity contribution in [2.75, 3.05) is 0 Å². The zero-order valence-electron chi connectivity index (χ0n) is 11.3. The smallest absolute Gasteiger partial charge is 0.310 e. The van der Waals surface area contributed by atoms with Gasteiger partial charge in [0.15, 0.2) is 0 Å². The second kappa shape index (κ2) is 7.04. The van der Waals surface area contributed by atoms with Crippen molar-refractivity contribution in [1.82, 2.24) is 0 Å². The second-order valence-corrected chi connectivity index (χ2v) is 4.77. The molecule has 0 heterocycles. The molecule has 3 heteroatoms. The molecule has 0 aromatic heterocycles. The lowest BCUT2D eigenvalue weighted by molar-refractivity contribution is -0.139. The van der Waals surface area contributed by atoms with E-state index in [4.69, 9.17) is 4.74 Å². The van der Waals surface area contributed by atoms with E-state index in [1.807, 2.05) is 38.1 Å². The van der Waals surface area contributed by atoms with Gasteiger partial charge in [0, 0.05) is 0 Å². The first-order valence-corrected chi connectivity index (χ1v) is 6.54. The van der Waals surface area contributed by atoms with Crippen LogP contribution in [0.25, 0.3) is 0 Å². The van der Waals surface area contributed by atoms with Crippen LogP contribution in [0.1, 0.15) is 51.5 Å². The van der Waals surface area contributed by atoms with Crippen molar-refractivity contribution in [1.29, 1.82) is 0 Å². The van der Waals surface area contributed by atoms with E-state index in [1.165, 1.54) is 0 Å². The first-order valence-electron chi connectivity index (χ1n) is 6.54. The SMILES string of the molecule is CCCCC(C(=O)O)c1cccc(OC(C)C)c1. The van der Waals surface area contributed by atoms with Crippen molar-refractivity contribution in [3.8, 4) is 5.75 Å². The molecule has 0 aliphatic heterocycles. The zero-order chi connectivity index (χ0) is 13.5. The third kappa shape index (κ3) is 4.40. The number of ether oxygens (including phenoxy) is 1. The highest BCUT2D eigenvalue weighted by molar-refractivity contribution is 5.76. The minimum Gasteiger partial charge on any atom is -0.491 e. The highest BCUT2D eigenvalue weighted by Gasteiger charge is 2.19. The van der Waals surface area contributed by atoms with Gasteiger partial charge in [0.1, 0.15) is 5.75 Å². The molecular formula is C15H22O3. The Morgan fingerprint density at radius 2 is 2.11 bits per heavy atom. The topological polar surface area (TPSA) is 46.5 Å². The van der Waals surface area contributed by atoms with Crippen LogP contribution in [0, 0.1) is 0 Å². The summed E-state index contributed by atoms with van der Waals surface area (Å²) in [6.07, 6.45) is 2.70. The monoisotopic (exact) mass is 250 g/mol. The third-order valence-corrected chi connectivity index (χ3v) is 2.78. The summed E-state index contributed by atoms with van der Waals surface area (Å²) in [4.78, 5) is 11.3. The van der Waals surface area contributed by atoms with Gasteiger partial charge in [0.25, 0.3) is 0 Å². The molecule has 0 saturated carbocycles. The normalized spacial score (nSPS) is 12.4. The van der Waals surface area contributed by atoms with E-state index in [9.17, 15) is 9.90 Å². The molecule has 0 bridgehead atoms. The maximum absolute atomic E-state index is 11.3. The van der Waals surface area contributed by atoms with Crippen molar-refractivity contribution in [2.45, 2.75) is 52.1 Å². The molecular weight excluding hydrogens is 228 g/mol. The predicted octanol–water partition coefficient (Wildman–Crippen LogP) is 3.83. The molecule has 0 amide bonds. The van der Waals surface area contributed by atoms with Crippen molar-refractivity contribution >= 4 is 5.97 Å². The number of carboxylic acid groups (broad SMARTS) is 1. The van der Waals surface area contributed by atoms with Crippen molar-refractivity contribution < 1.29 is 14.6 Å². The van der Waals surface area contributed by atoms with Crippen LogP contribution in [0.4, 0.5) is 0 Å². The van der Waals surface area contributed by atoms with E-state index in [0.717, 1.165) is 24.2 Å². The van der Waals surface area contributed by atoms with Crippen LogP contribution >= 0.6 is 0 Å². The highest BCUT2D eigenvalue weighted by atomic mass is 16.5. The average Bonchev–Trinajstić information content (AvgIpc) is 2.28. The standard InChI is InChI=1S/C15H22O3/c1-4-5-9-14(15(16)17)12-7-6-8-13(10-12)18-11(2)3/h6-8,10-11,14H,4-5,9H2,1-3H3,(H,16,17). The van der Waals surface area contributed by atoms with E-state index >= 15 is 0 Å². The predicted molar refractivity (Wildman–Crippen MR) is 72.1 cm³/mol. The first kappa shape index (κ1) is 14.6. The lowest BCUT2D eigenvalue weighted by atomic mass is 9.93. The number of hydrogen-bond acceptors (Lipinski definition) is 2. The molecule has 1 aromatic rings. The summed E-state index contributed by atoms with van der Waals surface area (Å²) in [5.74, 6) is -0.448. The highest BCUT2D eigenvalue weighted by Crippen LogP contribution is 2.26. The van der Waals surface area contributed by atoms with Gasteiger partial charge in [-0.2, -0.15) is 0 Å². The first-order chi connectivity index (χ1) is 8.54. The average molecular weight is 250 g/mol. The Morgan fingerprint density at radius 3 is 2.67 bits per heavy atom. The number of aliphatic carboxylic acids is 1. The molecule has 1 rings (SSSR count).